The molecule has 33 heavy (non-hydrogen) atoms. The van der Waals surface area contributed by atoms with E-state index < -0.39 is 0 Å². The molecule has 1 aromatic rings. The zero-order chi connectivity index (χ0) is 23.1. The van der Waals surface area contributed by atoms with Gasteiger partial charge in [-0.15, -0.1) is 0 Å². The van der Waals surface area contributed by atoms with Crippen molar-refractivity contribution in [1.29, 1.82) is 0 Å². The van der Waals surface area contributed by atoms with E-state index in [2.05, 4.69) is 38.1 Å². The molecule has 2 fully saturated rings. The lowest BCUT2D eigenvalue weighted by molar-refractivity contribution is 0.140. The Kier molecular flexibility index (Phi) is 13.0. The monoisotopic (exact) mass is 452 g/mol. The second-order valence-electron chi connectivity index (χ2n) is 11.9. The van der Waals surface area contributed by atoms with Crippen LogP contribution in [0.5, 0.6) is 0 Å². The lowest BCUT2D eigenvalue weighted by Crippen LogP contribution is -2.26. The second-order valence-corrected chi connectivity index (χ2v) is 11.9. The van der Waals surface area contributed by atoms with Crippen LogP contribution in [0.2, 0.25) is 0 Å². The topological polar surface area (TPSA) is 0 Å². The van der Waals surface area contributed by atoms with E-state index in [0.717, 1.165) is 23.7 Å². The van der Waals surface area contributed by atoms with Gasteiger partial charge in [-0.2, -0.15) is 0 Å². The molecule has 0 nitrogen and oxygen atoms in total. The summed E-state index contributed by atoms with van der Waals surface area (Å²) in [5.74, 6) is 4.21. The third-order valence-corrected chi connectivity index (χ3v) is 9.35. The Morgan fingerprint density at radius 1 is 0.485 bits per heavy atom. The van der Waals surface area contributed by atoms with Gasteiger partial charge in [0.15, 0.2) is 0 Å². The fraction of sp³-hybridized carbons (Fsp3) is 0.818. The van der Waals surface area contributed by atoms with E-state index in [1.54, 1.807) is 36.8 Å². The highest BCUT2D eigenvalue weighted by atomic mass is 14.4. The fourth-order valence-corrected chi connectivity index (χ4v) is 6.93. The summed E-state index contributed by atoms with van der Waals surface area (Å²) < 4.78 is 0. The molecular formula is C33H56. The van der Waals surface area contributed by atoms with E-state index in [4.69, 9.17) is 0 Å². The van der Waals surface area contributed by atoms with Crippen molar-refractivity contribution in [2.45, 2.75) is 149 Å². The molecule has 0 unspecified atom stereocenters. The van der Waals surface area contributed by atoms with Crippen molar-refractivity contribution in [2.75, 3.05) is 0 Å². The van der Waals surface area contributed by atoms with Gasteiger partial charge >= 0.3 is 0 Å². The largest absolute Gasteiger partial charge is 0.0654 e. The summed E-state index contributed by atoms with van der Waals surface area (Å²) >= 11 is 0. The number of aryl methyl sites for hydroxylation is 2. The van der Waals surface area contributed by atoms with Gasteiger partial charge in [0.25, 0.3) is 0 Å². The van der Waals surface area contributed by atoms with Crippen LogP contribution >= 0.6 is 0 Å². The molecule has 0 radical (unpaired) electrons. The molecule has 188 valence electrons. The summed E-state index contributed by atoms with van der Waals surface area (Å²) in [5.41, 5.74) is 3.12. The summed E-state index contributed by atoms with van der Waals surface area (Å²) in [6.45, 7) is 4.62. The molecule has 0 aliphatic heterocycles. The quantitative estimate of drug-likeness (QED) is 0.232. The zero-order valence-electron chi connectivity index (χ0n) is 22.5. The molecule has 2 aliphatic carbocycles. The minimum atomic E-state index is 0.995. The van der Waals surface area contributed by atoms with E-state index in [9.17, 15) is 0 Å². The van der Waals surface area contributed by atoms with Crippen LogP contribution in [0.15, 0.2) is 24.3 Å². The SMILES string of the molecule is CCCCCCCc1ccc(CC[C@H]2CC[C@H]([C@H]3CC[C@H](CCCCCC)CC3)CC2)cc1. The number of unbranched alkanes of at least 4 members (excludes halogenated alkanes) is 7. The zero-order valence-corrected chi connectivity index (χ0v) is 22.5. The second kappa shape index (κ2) is 16.0. The average molecular weight is 453 g/mol. The summed E-state index contributed by atoms with van der Waals surface area (Å²) in [4.78, 5) is 0. The maximum absolute atomic E-state index is 2.42. The van der Waals surface area contributed by atoms with Crippen LogP contribution in [0, 0.1) is 23.7 Å². The number of hydrogen-bond donors (Lipinski definition) is 0. The number of benzene rings is 1. The molecule has 2 saturated carbocycles. The minimum absolute atomic E-state index is 0.995. The van der Waals surface area contributed by atoms with Crippen LogP contribution < -0.4 is 0 Å². The highest BCUT2D eigenvalue weighted by Crippen LogP contribution is 2.43. The third-order valence-electron chi connectivity index (χ3n) is 9.35. The summed E-state index contributed by atoms with van der Waals surface area (Å²) in [6, 6.07) is 9.67. The van der Waals surface area contributed by atoms with Crippen LogP contribution in [0.25, 0.3) is 0 Å². The van der Waals surface area contributed by atoms with E-state index in [1.165, 1.54) is 109 Å². The smallest absolute Gasteiger partial charge is 0.0276 e. The molecule has 0 amide bonds. The molecule has 0 heteroatoms. The molecule has 2 aliphatic rings. The maximum atomic E-state index is 2.42. The van der Waals surface area contributed by atoms with Crippen LogP contribution in [0.3, 0.4) is 0 Å². The van der Waals surface area contributed by atoms with Gasteiger partial charge in [-0.3, -0.25) is 0 Å². The molecule has 0 atom stereocenters. The van der Waals surface area contributed by atoms with Crippen molar-refractivity contribution in [1.82, 2.24) is 0 Å². The first kappa shape index (κ1) is 26.8. The molecule has 0 N–H and O–H groups in total. The minimum Gasteiger partial charge on any atom is -0.0654 e. The Bertz CT molecular complexity index is 583. The van der Waals surface area contributed by atoms with Gasteiger partial charge in [-0.1, -0.05) is 122 Å². The molecule has 0 heterocycles. The molecule has 0 spiro atoms. The Balaban J connectivity index is 1.26. The van der Waals surface area contributed by atoms with E-state index in [1.807, 2.05) is 0 Å². The fourth-order valence-electron chi connectivity index (χ4n) is 6.93. The van der Waals surface area contributed by atoms with Crippen molar-refractivity contribution in [3.63, 3.8) is 0 Å². The average Bonchev–Trinajstić information content (AvgIpc) is 2.87. The standard InChI is InChI=1S/C33H56/c1-3-5-7-9-11-13-28-14-16-30(17-15-28)18-19-31-22-26-33(27-23-31)32-24-20-29(21-25-32)12-10-8-6-4-2/h14-17,29,31-33H,3-13,18-27H2,1-2H3/t29-,31-,32-,33-. The first-order chi connectivity index (χ1) is 16.3. The Morgan fingerprint density at radius 3 is 1.48 bits per heavy atom. The van der Waals surface area contributed by atoms with Crippen molar-refractivity contribution >= 4 is 0 Å². The molecule has 0 aromatic heterocycles. The Labute approximate surface area is 207 Å². The molecule has 1 aromatic carbocycles. The van der Waals surface area contributed by atoms with Gasteiger partial charge in [0.1, 0.15) is 0 Å². The van der Waals surface area contributed by atoms with Crippen molar-refractivity contribution in [2.24, 2.45) is 23.7 Å². The number of rotatable bonds is 15. The maximum Gasteiger partial charge on any atom is -0.0276 e. The molecule has 0 saturated heterocycles. The molecule has 0 bridgehead atoms. The van der Waals surface area contributed by atoms with E-state index >= 15 is 0 Å². The predicted molar refractivity (Wildman–Crippen MR) is 147 cm³/mol. The Morgan fingerprint density at radius 2 is 0.939 bits per heavy atom. The lowest BCUT2D eigenvalue weighted by atomic mass is 9.68. The summed E-state index contributed by atoms with van der Waals surface area (Å²) in [6.07, 6.45) is 30.5. The summed E-state index contributed by atoms with van der Waals surface area (Å²) in [5, 5.41) is 0. The van der Waals surface area contributed by atoms with Crippen LogP contribution in [0.1, 0.15) is 147 Å². The van der Waals surface area contributed by atoms with Gasteiger partial charge in [0, 0.05) is 0 Å². The number of hydrogen-bond acceptors (Lipinski definition) is 0. The van der Waals surface area contributed by atoms with Gasteiger partial charge in [-0.05, 0) is 86.2 Å². The molecular weight excluding hydrogens is 396 g/mol. The van der Waals surface area contributed by atoms with Crippen LogP contribution in [-0.4, -0.2) is 0 Å². The highest BCUT2D eigenvalue weighted by molar-refractivity contribution is 5.22. The van der Waals surface area contributed by atoms with Gasteiger partial charge < -0.3 is 0 Å². The van der Waals surface area contributed by atoms with E-state index in [-0.39, 0.29) is 0 Å². The van der Waals surface area contributed by atoms with Gasteiger partial charge in [-0.25, -0.2) is 0 Å². The van der Waals surface area contributed by atoms with Crippen molar-refractivity contribution < 1.29 is 0 Å². The van der Waals surface area contributed by atoms with Crippen molar-refractivity contribution in [3.05, 3.63) is 35.4 Å². The first-order valence-electron chi connectivity index (χ1n) is 15.4. The van der Waals surface area contributed by atoms with Crippen LogP contribution in [-0.2, 0) is 12.8 Å². The van der Waals surface area contributed by atoms with Crippen LogP contribution in [0.4, 0.5) is 0 Å². The Hall–Kier alpha value is -0.780. The predicted octanol–water partition coefficient (Wildman–Crippen LogP) is 10.7. The lowest BCUT2D eigenvalue weighted by Gasteiger charge is -2.38. The highest BCUT2D eigenvalue weighted by Gasteiger charge is 2.30. The van der Waals surface area contributed by atoms with E-state index in [0.29, 0.717) is 0 Å². The normalized spacial score (nSPS) is 25.9. The molecule has 3 rings (SSSR count). The third kappa shape index (κ3) is 10.2. The van der Waals surface area contributed by atoms with Gasteiger partial charge in [0.2, 0.25) is 0 Å². The van der Waals surface area contributed by atoms with Crippen molar-refractivity contribution in [3.8, 4) is 0 Å². The summed E-state index contributed by atoms with van der Waals surface area (Å²) in [7, 11) is 0. The van der Waals surface area contributed by atoms with Gasteiger partial charge in [0.05, 0.1) is 0 Å². The first-order valence-corrected chi connectivity index (χ1v) is 15.4.